The Morgan fingerprint density at radius 3 is 2.37 bits per heavy atom. The van der Waals surface area contributed by atoms with Gasteiger partial charge in [-0.15, -0.1) is 0 Å². The van der Waals surface area contributed by atoms with Crippen molar-refractivity contribution in [3.05, 3.63) is 65.7 Å². The Labute approximate surface area is 161 Å². The summed E-state index contributed by atoms with van der Waals surface area (Å²) in [7, 11) is 0.235. The number of benzene rings is 2. The van der Waals surface area contributed by atoms with Gasteiger partial charge in [-0.2, -0.15) is 0 Å². The number of ether oxygens (including phenoxy) is 2. The van der Waals surface area contributed by atoms with Crippen molar-refractivity contribution in [1.82, 2.24) is 4.90 Å². The van der Waals surface area contributed by atoms with E-state index < -0.39 is 16.8 Å². The normalized spacial score (nSPS) is 11.6. The van der Waals surface area contributed by atoms with Crippen LogP contribution in [0.2, 0.25) is 0 Å². The number of esters is 1. The highest BCUT2D eigenvalue weighted by Gasteiger charge is 2.19. The maximum Gasteiger partial charge on any atom is 0.339 e. The molecule has 2 aromatic carbocycles. The molecule has 1 amide bonds. The molecule has 0 saturated carbocycles. The quantitative estimate of drug-likeness (QED) is 0.615. The van der Waals surface area contributed by atoms with Crippen LogP contribution in [0.4, 0.5) is 0 Å². The largest absolute Gasteiger partial charge is 0.452 e. The first-order valence-electron chi connectivity index (χ1n) is 8.43. The van der Waals surface area contributed by atoms with Gasteiger partial charge < -0.3 is 14.4 Å². The fourth-order valence-corrected chi connectivity index (χ4v) is 3.21. The zero-order valence-corrected chi connectivity index (χ0v) is 16.2. The second-order valence-electron chi connectivity index (χ2n) is 5.82. The summed E-state index contributed by atoms with van der Waals surface area (Å²) >= 11 is 0. The van der Waals surface area contributed by atoms with E-state index in [4.69, 9.17) is 9.47 Å². The second kappa shape index (κ2) is 10.6. The SMILES string of the molecule is COCCN(Cc1ccccc1)C(=O)COC(=O)c1ccccc1[S@](C)=O. The number of rotatable bonds is 9. The molecule has 0 aliphatic rings. The monoisotopic (exact) mass is 389 g/mol. The summed E-state index contributed by atoms with van der Waals surface area (Å²) in [6.45, 7) is 0.776. The molecule has 27 heavy (non-hydrogen) atoms. The minimum Gasteiger partial charge on any atom is -0.452 e. The van der Waals surface area contributed by atoms with Gasteiger partial charge in [0, 0.05) is 26.5 Å². The summed E-state index contributed by atoms with van der Waals surface area (Å²) in [6.07, 6.45) is 1.49. The second-order valence-corrected chi connectivity index (χ2v) is 7.17. The van der Waals surface area contributed by atoms with Gasteiger partial charge in [-0.1, -0.05) is 42.5 Å². The minimum absolute atomic E-state index is 0.206. The Hall–Kier alpha value is -2.51. The average molecular weight is 389 g/mol. The fourth-order valence-electron chi connectivity index (χ4n) is 2.48. The van der Waals surface area contributed by atoms with Crippen LogP contribution in [0, 0.1) is 0 Å². The van der Waals surface area contributed by atoms with E-state index in [1.807, 2.05) is 30.3 Å². The van der Waals surface area contributed by atoms with Gasteiger partial charge in [0.1, 0.15) is 0 Å². The zero-order valence-electron chi connectivity index (χ0n) is 15.4. The van der Waals surface area contributed by atoms with Gasteiger partial charge >= 0.3 is 5.97 Å². The summed E-state index contributed by atoms with van der Waals surface area (Å²) in [5.74, 6) is -0.986. The van der Waals surface area contributed by atoms with Crippen molar-refractivity contribution >= 4 is 22.7 Å². The molecule has 0 saturated heterocycles. The van der Waals surface area contributed by atoms with Gasteiger partial charge in [-0.25, -0.2) is 4.79 Å². The number of hydrogen-bond acceptors (Lipinski definition) is 5. The van der Waals surface area contributed by atoms with Gasteiger partial charge in [0.15, 0.2) is 6.61 Å². The molecule has 6 nitrogen and oxygen atoms in total. The van der Waals surface area contributed by atoms with Crippen LogP contribution < -0.4 is 0 Å². The van der Waals surface area contributed by atoms with Crippen LogP contribution in [0.3, 0.4) is 0 Å². The lowest BCUT2D eigenvalue weighted by Gasteiger charge is -2.22. The van der Waals surface area contributed by atoms with Gasteiger partial charge in [0.25, 0.3) is 5.91 Å². The molecule has 0 spiro atoms. The number of carbonyl (C=O) groups excluding carboxylic acids is 2. The first-order valence-corrected chi connectivity index (χ1v) is 9.99. The van der Waals surface area contributed by atoms with Crippen molar-refractivity contribution in [2.24, 2.45) is 0 Å². The Morgan fingerprint density at radius 2 is 1.70 bits per heavy atom. The van der Waals surface area contributed by atoms with Gasteiger partial charge in [-0.3, -0.25) is 9.00 Å². The Bertz CT molecular complexity index is 794. The molecule has 0 bridgehead atoms. The van der Waals surface area contributed by atoms with E-state index in [1.54, 1.807) is 30.2 Å². The van der Waals surface area contributed by atoms with E-state index in [1.165, 1.54) is 12.3 Å². The molecule has 1 atom stereocenters. The van der Waals surface area contributed by atoms with E-state index in [0.717, 1.165) is 5.56 Å². The molecule has 0 unspecified atom stereocenters. The number of methoxy groups -OCH3 is 1. The number of amides is 1. The zero-order chi connectivity index (χ0) is 19.6. The summed E-state index contributed by atoms with van der Waals surface area (Å²) < 4.78 is 22.0. The van der Waals surface area contributed by atoms with Crippen LogP contribution >= 0.6 is 0 Å². The average Bonchev–Trinajstić information content (AvgIpc) is 2.69. The van der Waals surface area contributed by atoms with Gasteiger partial charge in [-0.05, 0) is 17.7 Å². The first-order chi connectivity index (χ1) is 13.0. The lowest BCUT2D eigenvalue weighted by Crippen LogP contribution is -2.36. The summed E-state index contributed by atoms with van der Waals surface area (Å²) in [5, 5.41) is 0. The molecule has 2 rings (SSSR count). The molecule has 144 valence electrons. The molecule has 0 aliphatic heterocycles. The predicted octanol–water partition coefficient (Wildman–Crippen LogP) is 2.26. The van der Waals surface area contributed by atoms with Crippen molar-refractivity contribution in [3.63, 3.8) is 0 Å². The summed E-state index contributed by atoms with van der Waals surface area (Å²) in [4.78, 5) is 26.8. The molecule has 0 heterocycles. The standard InChI is InChI=1S/C20H23NO5S/c1-25-13-12-21(14-16-8-4-3-5-9-16)19(22)15-26-20(23)17-10-6-7-11-18(17)27(2)24/h3-11H,12-15H2,1-2H3/t27-/m0/s1. The van der Waals surface area contributed by atoms with Crippen LogP contribution in [-0.2, 0) is 31.6 Å². The third-order valence-electron chi connectivity index (χ3n) is 3.88. The highest BCUT2D eigenvalue weighted by atomic mass is 32.2. The van der Waals surface area contributed by atoms with E-state index in [9.17, 15) is 13.8 Å². The lowest BCUT2D eigenvalue weighted by molar-refractivity contribution is -0.135. The number of nitrogens with zero attached hydrogens (tertiary/aromatic N) is 1. The Balaban J connectivity index is 2.02. The molecule has 7 heteroatoms. The molecule has 0 aliphatic carbocycles. The minimum atomic E-state index is -1.33. The highest BCUT2D eigenvalue weighted by Crippen LogP contribution is 2.14. The molecule has 0 fully saturated rings. The fraction of sp³-hybridized carbons (Fsp3) is 0.300. The summed E-state index contributed by atoms with van der Waals surface area (Å²) in [5.41, 5.74) is 1.18. The van der Waals surface area contributed by atoms with E-state index in [0.29, 0.717) is 24.6 Å². The van der Waals surface area contributed by atoms with Crippen LogP contribution in [0.25, 0.3) is 0 Å². The van der Waals surface area contributed by atoms with Crippen LogP contribution in [0.5, 0.6) is 0 Å². The molecule has 0 N–H and O–H groups in total. The van der Waals surface area contributed by atoms with Crippen LogP contribution in [-0.4, -0.2) is 54.1 Å². The lowest BCUT2D eigenvalue weighted by atomic mass is 10.2. The van der Waals surface area contributed by atoms with E-state index in [2.05, 4.69) is 0 Å². The maximum absolute atomic E-state index is 12.5. The molecule has 0 radical (unpaired) electrons. The third kappa shape index (κ3) is 6.30. The van der Waals surface area contributed by atoms with Gasteiger partial charge in [0.05, 0.1) is 27.9 Å². The molecular formula is C20H23NO5S. The van der Waals surface area contributed by atoms with Crippen molar-refractivity contribution in [1.29, 1.82) is 0 Å². The summed E-state index contributed by atoms with van der Waals surface area (Å²) in [6, 6.07) is 16.1. The highest BCUT2D eigenvalue weighted by molar-refractivity contribution is 7.84. The number of carbonyl (C=O) groups is 2. The van der Waals surface area contributed by atoms with Gasteiger partial charge in [0.2, 0.25) is 0 Å². The molecular weight excluding hydrogens is 366 g/mol. The Morgan fingerprint density at radius 1 is 1.04 bits per heavy atom. The van der Waals surface area contributed by atoms with Crippen molar-refractivity contribution in [2.75, 3.05) is 33.1 Å². The van der Waals surface area contributed by atoms with Crippen molar-refractivity contribution in [3.8, 4) is 0 Å². The van der Waals surface area contributed by atoms with Crippen LogP contribution in [0.1, 0.15) is 15.9 Å². The van der Waals surface area contributed by atoms with E-state index >= 15 is 0 Å². The number of hydrogen-bond donors (Lipinski definition) is 0. The third-order valence-corrected chi connectivity index (χ3v) is 4.85. The van der Waals surface area contributed by atoms with E-state index in [-0.39, 0.29) is 18.1 Å². The smallest absolute Gasteiger partial charge is 0.339 e. The Kier molecular flexibility index (Phi) is 8.16. The topological polar surface area (TPSA) is 72.9 Å². The first kappa shape index (κ1) is 20.8. The molecule has 2 aromatic rings. The predicted molar refractivity (Wildman–Crippen MR) is 103 cm³/mol. The maximum atomic E-state index is 12.5. The van der Waals surface area contributed by atoms with Crippen molar-refractivity contribution in [2.45, 2.75) is 11.4 Å². The van der Waals surface area contributed by atoms with Crippen LogP contribution in [0.15, 0.2) is 59.5 Å². The molecule has 0 aromatic heterocycles. The van der Waals surface area contributed by atoms with Crippen molar-refractivity contribution < 1.29 is 23.3 Å².